The molecule has 5 heteroatoms. The first-order valence-corrected chi connectivity index (χ1v) is 9.02. The van der Waals surface area contributed by atoms with Gasteiger partial charge in [-0.25, -0.2) is 4.79 Å². The minimum absolute atomic E-state index is 0.0167. The number of benzene rings is 2. The number of nitrogens with one attached hydrogen (secondary N) is 2. The van der Waals surface area contributed by atoms with Crippen LogP contribution in [-0.2, 0) is 17.6 Å². The number of aliphatic carboxylic acids is 1. The van der Waals surface area contributed by atoms with Crippen LogP contribution in [0.2, 0.25) is 0 Å². The first kappa shape index (κ1) is 18.0. The van der Waals surface area contributed by atoms with Crippen LogP contribution in [0.3, 0.4) is 0 Å². The van der Waals surface area contributed by atoms with E-state index in [0.29, 0.717) is 12.8 Å². The van der Waals surface area contributed by atoms with Crippen molar-refractivity contribution in [2.45, 2.75) is 44.2 Å². The Hall–Kier alpha value is -2.82. The average molecular weight is 352 g/mol. The third kappa shape index (κ3) is 4.85. The summed E-state index contributed by atoms with van der Waals surface area (Å²) < 4.78 is 0. The number of hydrogen-bond donors (Lipinski definition) is 3. The Balaban J connectivity index is 1.60. The molecular formula is C21H24N2O3. The first-order chi connectivity index (χ1) is 12.6. The van der Waals surface area contributed by atoms with Gasteiger partial charge in [0, 0.05) is 12.5 Å². The largest absolute Gasteiger partial charge is 0.481 e. The fourth-order valence-electron chi connectivity index (χ4n) is 3.51. The van der Waals surface area contributed by atoms with Gasteiger partial charge >= 0.3 is 12.0 Å². The fraction of sp³-hybridized carbons (Fsp3) is 0.333. The third-order valence-electron chi connectivity index (χ3n) is 4.80. The molecule has 5 nitrogen and oxygen atoms in total. The molecule has 2 aromatic rings. The van der Waals surface area contributed by atoms with Crippen LogP contribution in [0.4, 0.5) is 4.79 Å². The second kappa shape index (κ2) is 8.52. The molecular weight excluding hydrogens is 328 g/mol. The van der Waals surface area contributed by atoms with Crippen molar-refractivity contribution < 1.29 is 14.7 Å². The lowest BCUT2D eigenvalue weighted by molar-refractivity contribution is -0.137. The number of fused-ring (bicyclic) bond motifs is 1. The second-order valence-electron chi connectivity index (χ2n) is 6.73. The zero-order chi connectivity index (χ0) is 18.4. The molecule has 2 unspecified atom stereocenters. The van der Waals surface area contributed by atoms with Crippen molar-refractivity contribution in [2.24, 2.45) is 0 Å². The van der Waals surface area contributed by atoms with E-state index in [1.54, 1.807) is 0 Å². The van der Waals surface area contributed by atoms with Crippen LogP contribution in [-0.4, -0.2) is 23.1 Å². The number of carboxylic acid groups (broad SMARTS) is 1. The Kier molecular flexibility index (Phi) is 5.89. The minimum atomic E-state index is -0.852. The van der Waals surface area contributed by atoms with Crippen molar-refractivity contribution in [2.75, 3.05) is 0 Å². The van der Waals surface area contributed by atoms with Crippen molar-refractivity contribution >= 4 is 12.0 Å². The Bertz CT molecular complexity index is 761. The predicted molar refractivity (Wildman–Crippen MR) is 100.0 cm³/mol. The van der Waals surface area contributed by atoms with Gasteiger partial charge in [-0.3, -0.25) is 4.79 Å². The van der Waals surface area contributed by atoms with Crippen molar-refractivity contribution in [1.29, 1.82) is 0 Å². The Morgan fingerprint density at radius 3 is 2.58 bits per heavy atom. The second-order valence-corrected chi connectivity index (χ2v) is 6.73. The molecule has 0 aliphatic heterocycles. The summed E-state index contributed by atoms with van der Waals surface area (Å²) in [7, 11) is 0. The van der Waals surface area contributed by atoms with Gasteiger partial charge in [0.25, 0.3) is 0 Å². The smallest absolute Gasteiger partial charge is 0.315 e. The van der Waals surface area contributed by atoms with Crippen molar-refractivity contribution in [3.05, 3.63) is 71.3 Å². The molecule has 0 radical (unpaired) electrons. The molecule has 3 rings (SSSR count). The predicted octanol–water partition coefficient (Wildman–Crippen LogP) is 3.45. The Morgan fingerprint density at radius 1 is 1.08 bits per heavy atom. The molecule has 2 aromatic carbocycles. The topological polar surface area (TPSA) is 78.4 Å². The molecule has 0 aromatic heterocycles. The molecule has 0 bridgehead atoms. The highest BCUT2D eigenvalue weighted by Gasteiger charge is 2.24. The SMILES string of the molecule is O=C(O)CCC(Cc1ccccc1)NC(=O)NC1CCc2ccccc21. The lowest BCUT2D eigenvalue weighted by atomic mass is 10.0. The summed E-state index contributed by atoms with van der Waals surface area (Å²) in [5.41, 5.74) is 3.53. The van der Waals surface area contributed by atoms with E-state index in [4.69, 9.17) is 5.11 Å². The highest BCUT2D eigenvalue weighted by molar-refractivity contribution is 5.75. The molecule has 2 amide bonds. The van der Waals surface area contributed by atoms with Gasteiger partial charge in [-0.2, -0.15) is 0 Å². The lowest BCUT2D eigenvalue weighted by Gasteiger charge is -2.21. The number of rotatable bonds is 7. The van der Waals surface area contributed by atoms with Gasteiger partial charge < -0.3 is 15.7 Å². The number of urea groups is 1. The van der Waals surface area contributed by atoms with E-state index in [1.807, 2.05) is 42.5 Å². The molecule has 136 valence electrons. The third-order valence-corrected chi connectivity index (χ3v) is 4.80. The average Bonchev–Trinajstić information content (AvgIpc) is 3.03. The molecule has 3 N–H and O–H groups in total. The molecule has 1 aliphatic carbocycles. The summed E-state index contributed by atoms with van der Waals surface area (Å²) in [6, 6.07) is 17.5. The van der Waals surface area contributed by atoms with Gasteiger partial charge in [0.15, 0.2) is 0 Å². The molecule has 0 heterocycles. The minimum Gasteiger partial charge on any atom is -0.481 e. The Morgan fingerprint density at radius 2 is 1.81 bits per heavy atom. The highest BCUT2D eigenvalue weighted by atomic mass is 16.4. The summed E-state index contributed by atoms with van der Waals surface area (Å²) >= 11 is 0. The molecule has 1 aliphatic rings. The van der Waals surface area contributed by atoms with E-state index in [1.165, 1.54) is 11.1 Å². The number of hydrogen-bond acceptors (Lipinski definition) is 2. The number of carbonyl (C=O) groups is 2. The van der Waals surface area contributed by atoms with Crippen molar-refractivity contribution in [3.8, 4) is 0 Å². The number of aryl methyl sites for hydroxylation is 1. The van der Waals surface area contributed by atoms with Gasteiger partial charge in [-0.15, -0.1) is 0 Å². The van der Waals surface area contributed by atoms with E-state index in [9.17, 15) is 9.59 Å². The van der Waals surface area contributed by atoms with Crippen LogP contribution in [0.25, 0.3) is 0 Å². The van der Waals surface area contributed by atoms with Gasteiger partial charge in [-0.1, -0.05) is 54.6 Å². The molecule has 0 fully saturated rings. The van der Waals surface area contributed by atoms with Gasteiger partial charge in [0.05, 0.1) is 6.04 Å². The van der Waals surface area contributed by atoms with E-state index in [0.717, 1.165) is 18.4 Å². The standard InChI is InChI=1S/C21H24N2O3/c24-20(25)13-11-17(14-15-6-2-1-3-7-15)22-21(26)23-19-12-10-16-8-4-5-9-18(16)19/h1-9,17,19H,10-14H2,(H,24,25)(H2,22,23,26). The monoisotopic (exact) mass is 352 g/mol. The zero-order valence-corrected chi connectivity index (χ0v) is 14.7. The number of carboxylic acids is 1. The molecule has 0 spiro atoms. The van der Waals surface area contributed by atoms with E-state index in [2.05, 4.69) is 22.8 Å². The fourth-order valence-corrected chi connectivity index (χ4v) is 3.51. The summed E-state index contributed by atoms with van der Waals surface area (Å²) in [5.74, 6) is -0.852. The van der Waals surface area contributed by atoms with E-state index < -0.39 is 5.97 Å². The number of carbonyl (C=O) groups excluding carboxylic acids is 1. The number of amides is 2. The molecule has 0 saturated heterocycles. The van der Waals surface area contributed by atoms with E-state index in [-0.39, 0.29) is 24.5 Å². The van der Waals surface area contributed by atoms with Crippen LogP contribution in [0.15, 0.2) is 54.6 Å². The molecule has 26 heavy (non-hydrogen) atoms. The summed E-state index contributed by atoms with van der Waals surface area (Å²) in [5, 5.41) is 15.0. The van der Waals surface area contributed by atoms with Gasteiger partial charge in [0.1, 0.15) is 0 Å². The molecule has 0 saturated carbocycles. The summed E-state index contributed by atoms with van der Waals surface area (Å²) in [4.78, 5) is 23.4. The maximum Gasteiger partial charge on any atom is 0.315 e. The normalized spacial score (nSPS) is 16.5. The van der Waals surface area contributed by atoms with Crippen LogP contribution < -0.4 is 10.6 Å². The lowest BCUT2D eigenvalue weighted by Crippen LogP contribution is -2.44. The van der Waals surface area contributed by atoms with Crippen molar-refractivity contribution in [3.63, 3.8) is 0 Å². The van der Waals surface area contributed by atoms with E-state index >= 15 is 0 Å². The maximum atomic E-state index is 12.5. The molecule has 2 atom stereocenters. The quantitative estimate of drug-likeness (QED) is 0.714. The van der Waals surface area contributed by atoms with Crippen LogP contribution in [0.1, 0.15) is 42.0 Å². The zero-order valence-electron chi connectivity index (χ0n) is 14.7. The summed E-state index contributed by atoms with van der Waals surface area (Å²) in [6.45, 7) is 0. The summed E-state index contributed by atoms with van der Waals surface area (Å²) in [6.07, 6.45) is 2.91. The van der Waals surface area contributed by atoms with Crippen LogP contribution in [0, 0.1) is 0 Å². The van der Waals surface area contributed by atoms with Crippen molar-refractivity contribution in [1.82, 2.24) is 10.6 Å². The van der Waals surface area contributed by atoms with Crippen LogP contribution in [0.5, 0.6) is 0 Å². The van der Waals surface area contributed by atoms with Crippen LogP contribution >= 0.6 is 0 Å². The van der Waals surface area contributed by atoms with Gasteiger partial charge in [0.2, 0.25) is 0 Å². The van der Waals surface area contributed by atoms with Gasteiger partial charge in [-0.05, 0) is 42.4 Å². The maximum absolute atomic E-state index is 12.5. The first-order valence-electron chi connectivity index (χ1n) is 9.02. The Labute approximate surface area is 153 Å². The highest BCUT2D eigenvalue weighted by Crippen LogP contribution is 2.30.